The summed E-state index contributed by atoms with van der Waals surface area (Å²) in [6, 6.07) is 16.1. The fraction of sp³-hybridized carbons (Fsp3) is 0.364. The Morgan fingerprint density at radius 3 is 2.20 bits per heavy atom. The predicted molar refractivity (Wildman–Crippen MR) is 106 cm³/mol. The first-order chi connectivity index (χ1) is 11.6. The molecular weight excluding hydrogens is 310 g/mol. The van der Waals surface area contributed by atoms with E-state index in [-0.39, 0.29) is 11.1 Å². The summed E-state index contributed by atoms with van der Waals surface area (Å²) in [5.41, 5.74) is 3.21. The number of halogens is 1. The number of rotatable bonds is 5. The van der Waals surface area contributed by atoms with Crippen LogP contribution in [0.4, 0.5) is 4.39 Å². The Hall–Kier alpha value is -1.87. The van der Waals surface area contributed by atoms with Gasteiger partial charge in [-0.1, -0.05) is 69.3 Å². The molecule has 1 radical (unpaired) electrons. The lowest BCUT2D eigenvalue weighted by Crippen LogP contribution is -2.40. The highest BCUT2D eigenvalue weighted by Gasteiger charge is 2.33. The molecule has 0 aliphatic rings. The summed E-state index contributed by atoms with van der Waals surface area (Å²) in [6.45, 7) is 12.2. The zero-order valence-electron chi connectivity index (χ0n) is 16.1. The molecule has 2 aromatic carbocycles. The molecule has 0 aromatic heterocycles. The number of hydrogen-bond acceptors (Lipinski definition) is 1. The van der Waals surface area contributed by atoms with Gasteiger partial charge in [0.05, 0.1) is 11.3 Å². The summed E-state index contributed by atoms with van der Waals surface area (Å²) >= 11 is 0. The van der Waals surface area contributed by atoms with Crippen molar-refractivity contribution >= 4 is 13.6 Å². The molecule has 3 heteroatoms. The van der Waals surface area contributed by atoms with Gasteiger partial charge in [0.25, 0.3) is 0 Å². The van der Waals surface area contributed by atoms with Crippen molar-refractivity contribution in [1.82, 2.24) is 0 Å². The Morgan fingerprint density at radius 1 is 0.960 bits per heavy atom. The van der Waals surface area contributed by atoms with Gasteiger partial charge in [-0.05, 0) is 54.5 Å². The number of hydrogen-bond donors (Lipinski definition) is 0. The van der Waals surface area contributed by atoms with Crippen molar-refractivity contribution in [1.29, 1.82) is 0 Å². The molecule has 0 N–H and O–H groups in total. The van der Waals surface area contributed by atoms with Crippen LogP contribution in [-0.4, -0.2) is 13.1 Å². The van der Waals surface area contributed by atoms with Gasteiger partial charge in [0.2, 0.25) is 0 Å². The van der Waals surface area contributed by atoms with E-state index in [0.717, 1.165) is 22.3 Å². The lowest BCUT2D eigenvalue weighted by atomic mass is 9.77. The SMILES string of the molecule is Cc1c(/C=C(\F)[B]OC(C)(C)C(C)(C)C)cccc1-c1ccccc1. The van der Waals surface area contributed by atoms with E-state index in [1.54, 1.807) is 0 Å². The van der Waals surface area contributed by atoms with Gasteiger partial charge in [-0.15, -0.1) is 0 Å². The van der Waals surface area contributed by atoms with Gasteiger partial charge in [-0.3, -0.25) is 0 Å². The Balaban J connectivity index is 2.21. The average molecular weight is 337 g/mol. The Morgan fingerprint density at radius 2 is 1.60 bits per heavy atom. The second kappa shape index (κ2) is 7.57. The van der Waals surface area contributed by atoms with Crippen molar-refractivity contribution < 1.29 is 9.04 Å². The van der Waals surface area contributed by atoms with E-state index >= 15 is 0 Å². The maximum atomic E-state index is 14.4. The minimum atomic E-state index is -0.459. The van der Waals surface area contributed by atoms with Gasteiger partial charge < -0.3 is 4.65 Å². The summed E-state index contributed by atoms with van der Waals surface area (Å²) in [5, 5.41) is 0. The molecule has 0 spiro atoms. The second-order valence-electron chi connectivity index (χ2n) is 7.91. The van der Waals surface area contributed by atoms with E-state index in [9.17, 15) is 4.39 Å². The monoisotopic (exact) mass is 337 g/mol. The summed E-state index contributed by atoms with van der Waals surface area (Å²) < 4.78 is 20.1. The van der Waals surface area contributed by atoms with Crippen LogP contribution in [0.25, 0.3) is 17.2 Å². The topological polar surface area (TPSA) is 9.23 Å². The van der Waals surface area contributed by atoms with Gasteiger partial charge in [0.15, 0.2) is 0 Å². The van der Waals surface area contributed by atoms with E-state index in [1.165, 1.54) is 13.6 Å². The third kappa shape index (κ3) is 4.82. The van der Waals surface area contributed by atoms with Gasteiger partial charge in [0, 0.05) is 0 Å². The maximum Gasteiger partial charge on any atom is 0.365 e. The molecule has 0 saturated carbocycles. The molecule has 0 atom stereocenters. The largest absolute Gasteiger partial charge is 0.427 e. The highest BCUT2D eigenvalue weighted by molar-refractivity contribution is 6.38. The highest BCUT2D eigenvalue weighted by atomic mass is 19.1. The van der Waals surface area contributed by atoms with Crippen molar-refractivity contribution in [3.05, 3.63) is 65.4 Å². The fourth-order valence-electron chi connectivity index (χ4n) is 2.30. The predicted octanol–water partition coefficient (Wildman–Crippen LogP) is 6.39. The Labute approximate surface area is 152 Å². The lowest BCUT2D eigenvalue weighted by molar-refractivity contribution is 0.00354. The molecule has 1 nitrogen and oxygen atoms in total. The van der Waals surface area contributed by atoms with E-state index in [4.69, 9.17) is 4.65 Å². The quantitative estimate of drug-likeness (QED) is 0.574. The van der Waals surface area contributed by atoms with Crippen LogP contribution in [0, 0.1) is 12.3 Å². The molecule has 131 valence electrons. The maximum absolute atomic E-state index is 14.4. The van der Waals surface area contributed by atoms with Crippen LogP contribution in [0.5, 0.6) is 0 Å². The average Bonchev–Trinajstić information content (AvgIpc) is 2.55. The molecule has 0 amide bonds. The van der Waals surface area contributed by atoms with Gasteiger partial charge in [-0.25, -0.2) is 4.39 Å². The van der Waals surface area contributed by atoms with Gasteiger partial charge in [0.1, 0.15) is 0 Å². The molecular formula is C22H27BFO. The lowest BCUT2D eigenvalue weighted by Gasteiger charge is -2.39. The number of benzene rings is 2. The third-order valence-corrected chi connectivity index (χ3v) is 5.03. The molecule has 2 aromatic rings. The molecule has 0 aliphatic carbocycles. The molecule has 0 saturated heterocycles. The van der Waals surface area contributed by atoms with Gasteiger partial charge >= 0.3 is 7.48 Å². The summed E-state index contributed by atoms with van der Waals surface area (Å²) in [4.78, 5) is 0. The highest BCUT2D eigenvalue weighted by Crippen LogP contribution is 2.33. The Kier molecular flexibility index (Phi) is 5.89. The smallest absolute Gasteiger partial charge is 0.365 e. The summed E-state index contributed by atoms with van der Waals surface area (Å²) in [6.07, 6.45) is 1.53. The minimum absolute atomic E-state index is 0.0904. The fourth-order valence-corrected chi connectivity index (χ4v) is 2.30. The zero-order valence-corrected chi connectivity index (χ0v) is 16.1. The molecule has 2 rings (SSSR count). The van der Waals surface area contributed by atoms with Crippen molar-refractivity contribution in [2.45, 2.75) is 47.1 Å². The van der Waals surface area contributed by atoms with Crippen LogP contribution in [-0.2, 0) is 4.65 Å². The third-order valence-electron chi connectivity index (χ3n) is 5.03. The van der Waals surface area contributed by atoms with E-state index in [0.29, 0.717) is 0 Å². The van der Waals surface area contributed by atoms with Crippen LogP contribution >= 0.6 is 0 Å². The van der Waals surface area contributed by atoms with Crippen molar-refractivity contribution in [2.24, 2.45) is 5.41 Å². The van der Waals surface area contributed by atoms with Crippen LogP contribution in [0.1, 0.15) is 45.7 Å². The summed E-state index contributed by atoms with van der Waals surface area (Å²) in [7, 11) is 1.22. The Bertz CT molecular complexity index is 742. The second-order valence-corrected chi connectivity index (χ2v) is 7.91. The minimum Gasteiger partial charge on any atom is -0.427 e. The van der Waals surface area contributed by atoms with Crippen LogP contribution in [0.2, 0.25) is 0 Å². The molecule has 0 heterocycles. The normalized spacial score (nSPS) is 13.0. The van der Waals surface area contributed by atoms with Crippen molar-refractivity contribution in [2.75, 3.05) is 0 Å². The van der Waals surface area contributed by atoms with Gasteiger partial charge in [-0.2, -0.15) is 0 Å². The molecule has 0 fully saturated rings. The van der Waals surface area contributed by atoms with E-state index in [1.807, 2.05) is 51.1 Å². The molecule has 0 aliphatic heterocycles. The van der Waals surface area contributed by atoms with Crippen molar-refractivity contribution in [3.8, 4) is 11.1 Å². The first-order valence-corrected chi connectivity index (χ1v) is 8.65. The first kappa shape index (κ1) is 19.5. The molecule has 0 bridgehead atoms. The standard InChI is InChI=1S/C22H27BFO/c1-16-18(13-10-14-19(16)17-11-8-7-9-12-17)15-20(24)23-25-22(5,6)21(2,3)4/h7-15H,1-6H3/b20-15-. The van der Waals surface area contributed by atoms with E-state index in [2.05, 4.69) is 39.0 Å². The first-order valence-electron chi connectivity index (χ1n) is 8.65. The van der Waals surface area contributed by atoms with E-state index < -0.39 is 5.60 Å². The molecule has 0 unspecified atom stereocenters. The van der Waals surface area contributed by atoms with Crippen LogP contribution < -0.4 is 0 Å². The van der Waals surface area contributed by atoms with Crippen LogP contribution in [0.3, 0.4) is 0 Å². The van der Waals surface area contributed by atoms with Crippen LogP contribution in [0.15, 0.2) is 54.3 Å². The molecule has 25 heavy (non-hydrogen) atoms. The zero-order chi connectivity index (χ0) is 18.7. The van der Waals surface area contributed by atoms with Crippen molar-refractivity contribution in [3.63, 3.8) is 0 Å². The summed E-state index contributed by atoms with van der Waals surface area (Å²) in [5.74, 6) is 0.